The highest BCUT2D eigenvalue weighted by atomic mass is 16.5. The van der Waals surface area contributed by atoms with Gasteiger partial charge in [-0.05, 0) is 23.8 Å². The van der Waals surface area contributed by atoms with E-state index in [4.69, 9.17) is 4.74 Å². The van der Waals surface area contributed by atoms with Crippen LogP contribution in [0.5, 0.6) is 0 Å². The third kappa shape index (κ3) is 2.66. The Morgan fingerprint density at radius 2 is 1.91 bits per heavy atom. The van der Waals surface area contributed by atoms with Crippen molar-refractivity contribution in [3.8, 4) is 0 Å². The highest BCUT2D eigenvalue weighted by molar-refractivity contribution is 5.98. The van der Waals surface area contributed by atoms with Crippen LogP contribution in [0.3, 0.4) is 0 Å². The summed E-state index contributed by atoms with van der Waals surface area (Å²) in [5.41, 5.74) is 1.91. The lowest BCUT2D eigenvalue weighted by atomic mass is 10.2. The van der Waals surface area contributed by atoms with Crippen molar-refractivity contribution in [3.05, 3.63) is 71.9 Å². The van der Waals surface area contributed by atoms with Gasteiger partial charge < -0.3 is 9.14 Å². The zero-order chi connectivity index (χ0) is 15.4. The van der Waals surface area contributed by atoms with Gasteiger partial charge in [-0.2, -0.15) is 0 Å². The lowest BCUT2D eigenvalue weighted by Crippen LogP contribution is -2.04. The number of hydrogen-bond donors (Lipinski definition) is 0. The highest BCUT2D eigenvalue weighted by Crippen LogP contribution is 2.23. The van der Waals surface area contributed by atoms with Crippen LogP contribution >= 0.6 is 0 Å². The molecule has 1 aromatic carbocycles. The fourth-order valence-electron chi connectivity index (χ4n) is 2.23. The molecule has 0 amide bonds. The number of carbonyl (C=O) groups excluding carboxylic acids is 2. The first kappa shape index (κ1) is 13.8. The van der Waals surface area contributed by atoms with E-state index in [9.17, 15) is 9.59 Å². The van der Waals surface area contributed by atoms with Crippen molar-refractivity contribution >= 4 is 23.4 Å². The number of benzene rings is 1. The summed E-state index contributed by atoms with van der Waals surface area (Å²) in [6.07, 6.45) is 3.21. The van der Waals surface area contributed by atoms with Gasteiger partial charge in [0, 0.05) is 6.20 Å². The lowest BCUT2D eigenvalue weighted by Gasteiger charge is -2.04. The second-order valence-electron chi connectivity index (χ2n) is 4.64. The second kappa shape index (κ2) is 6.08. The van der Waals surface area contributed by atoms with E-state index >= 15 is 0 Å². The maximum absolute atomic E-state index is 12.3. The number of aromatic nitrogens is 1. The summed E-state index contributed by atoms with van der Waals surface area (Å²) in [7, 11) is 0. The molecular formula is C17H12N2O3. The van der Waals surface area contributed by atoms with Crippen molar-refractivity contribution in [2.24, 2.45) is 4.99 Å². The van der Waals surface area contributed by atoms with Gasteiger partial charge in [-0.1, -0.05) is 36.4 Å². The van der Waals surface area contributed by atoms with Crippen molar-refractivity contribution in [2.75, 3.05) is 0 Å². The van der Waals surface area contributed by atoms with Crippen LogP contribution in [-0.2, 0) is 16.1 Å². The molecule has 0 saturated heterocycles. The summed E-state index contributed by atoms with van der Waals surface area (Å²) in [6, 6.07) is 16.3. The Hall–Kier alpha value is -3.17. The zero-order valence-electron chi connectivity index (χ0n) is 11.6. The average molecular weight is 292 g/mol. The van der Waals surface area contributed by atoms with Crippen LogP contribution in [0.25, 0.3) is 5.52 Å². The van der Waals surface area contributed by atoms with Gasteiger partial charge in [0.25, 0.3) is 0 Å². The summed E-state index contributed by atoms with van der Waals surface area (Å²) in [5, 5.41) is 0. The Balaban J connectivity index is 1.89. The van der Waals surface area contributed by atoms with Gasteiger partial charge in [0.05, 0.1) is 11.1 Å². The van der Waals surface area contributed by atoms with Gasteiger partial charge in [0.1, 0.15) is 6.61 Å². The lowest BCUT2D eigenvalue weighted by molar-refractivity contribution is 0.0475. The smallest absolute Gasteiger partial charge is 0.340 e. The Labute approximate surface area is 126 Å². The SMILES string of the molecule is O=C=Nc1cc(C(=O)OCc2ccccc2)c2ccccn12. The highest BCUT2D eigenvalue weighted by Gasteiger charge is 2.16. The number of isocyanates is 1. The van der Waals surface area contributed by atoms with Crippen LogP contribution in [0.4, 0.5) is 5.82 Å². The number of rotatable bonds is 4. The molecule has 2 aromatic heterocycles. The number of fused-ring (bicyclic) bond motifs is 1. The zero-order valence-corrected chi connectivity index (χ0v) is 11.6. The molecule has 0 radical (unpaired) electrons. The minimum absolute atomic E-state index is 0.191. The van der Waals surface area contributed by atoms with E-state index < -0.39 is 5.97 Å². The molecule has 0 fully saturated rings. The van der Waals surface area contributed by atoms with Gasteiger partial charge in [0.15, 0.2) is 5.82 Å². The number of aliphatic imine (C=N–C) groups is 1. The van der Waals surface area contributed by atoms with Crippen LogP contribution in [0, 0.1) is 0 Å². The van der Waals surface area contributed by atoms with E-state index in [1.807, 2.05) is 30.3 Å². The number of carbonyl (C=O) groups is 1. The van der Waals surface area contributed by atoms with Crippen LogP contribution in [0.15, 0.2) is 65.8 Å². The van der Waals surface area contributed by atoms with Crippen molar-refractivity contribution < 1.29 is 14.3 Å². The monoisotopic (exact) mass is 292 g/mol. The predicted molar refractivity (Wildman–Crippen MR) is 80.7 cm³/mol. The predicted octanol–water partition coefficient (Wildman–Crippen LogP) is 3.26. The quantitative estimate of drug-likeness (QED) is 0.421. The fourth-order valence-corrected chi connectivity index (χ4v) is 2.23. The maximum Gasteiger partial charge on any atom is 0.340 e. The number of esters is 1. The normalized spacial score (nSPS) is 10.2. The van der Waals surface area contributed by atoms with E-state index in [1.165, 1.54) is 12.1 Å². The first-order valence-corrected chi connectivity index (χ1v) is 6.68. The van der Waals surface area contributed by atoms with Gasteiger partial charge in [-0.3, -0.25) is 0 Å². The molecule has 2 heterocycles. The Bertz CT molecular complexity index is 862. The summed E-state index contributed by atoms with van der Waals surface area (Å²) in [5.74, 6) is -0.114. The van der Waals surface area contributed by atoms with Crippen molar-refractivity contribution in [1.29, 1.82) is 0 Å². The summed E-state index contributed by atoms with van der Waals surface area (Å²) >= 11 is 0. The van der Waals surface area contributed by atoms with Crippen molar-refractivity contribution in [3.63, 3.8) is 0 Å². The van der Waals surface area contributed by atoms with Gasteiger partial charge in [-0.15, -0.1) is 4.99 Å². The van der Waals surface area contributed by atoms with Crippen LogP contribution in [-0.4, -0.2) is 16.4 Å². The molecule has 22 heavy (non-hydrogen) atoms. The van der Waals surface area contributed by atoms with Crippen LogP contribution in [0.1, 0.15) is 15.9 Å². The molecule has 0 atom stereocenters. The molecule has 3 rings (SSSR count). The number of pyridine rings is 1. The van der Waals surface area contributed by atoms with Crippen LogP contribution < -0.4 is 0 Å². The van der Waals surface area contributed by atoms with Gasteiger partial charge >= 0.3 is 5.97 Å². The van der Waals surface area contributed by atoms with Crippen molar-refractivity contribution in [2.45, 2.75) is 6.61 Å². The van der Waals surface area contributed by atoms with Crippen LogP contribution in [0.2, 0.25) is 0 Å². The molecule has 0 saturated carbocycles. The fraction of sp³-hybridized carbons (Fsp3) is 0.0588. The number of nitrogens with zero attached hydrogens (tertiary/aromatic N) is 2. The minimum Gasteiger partial charge on any atom is -0.457 e. The standard InChI is InChI=1S/C17H12N2O3/c20-12-18-16-10-14(15-8-4-5-9-19(15)16)17(21)22-11-13-6-2-1-3-7-13/h1-10H,11H2. The first-order chi connectivity index (χ1) is 10.8. The molecular weight excluding hydrogens is 280 g/mol. The molecule has 3 aromatic rings. The Morgan fingerprint density at radius 3 is 2.68 bits per heavy atom. The van der Waals surface area contributed by atoms with E-state index in [-0.39, 0.29) is 6.61 Å². The Morgan fingerprint density at radius 1 is 1.14 bits per heavy atom. The van der Waals surface area contributed by atoms with E-state index in [0.717, 1.165) is 5.56 Å². The van der Waals surface area contributed by atoms with E-state index in [0.29, 0.717) is 16.9 Å². The second-order valence-corrected chi connectivity index (χ2v) is 4.64. The molecule has 108 valence electrons. The van der Waals surface area contributed by atoms with E-state index in [1.54, 1.807) is 28.8 Å². The van der Waals surface area contributed by atoms with Gasteiger partial charge in [0.2, 0.25) is 6.08 Å². The maximum atomic E-state index is 12.3. The van der Waals surface area contributed by atoms with E-state index in [2.05, 4.69) is 4.99 Å². The number of ether oxygens (including phenoxy) is 1. The molecule has 0 N–H and O–H groups in total. The summed E-state index contributed by atoms with van der Waals surface area (Å²) in [6.45, 7) is 0.191. The topological polar surface area (TPSA) is 60.1 Å². The third-order valence-corrected chi connectivity index (χ3v) is 3.25. The Kier molecular flexibility index (Phi) is 3.81. The molecule has 0 spiro atoms. The first-order valence-electron chi connectivity index (χ1n) is 6.68. The molecule has 5 nitrogen and oxygen atoms in total. The number of hydrogen-bond acceptors (Lipinski definition) is 4. The molecule has 0 unspecified atom stereocenters. The largest absolute Gasteiger partial charge is 0.457 e. The average Bonchev–Trinajstić information content (AvgIpc) is 2.93. The molecule has 5 heteroatoms. The van der Waals surface area contributed by atoms with Gasteiger partial charge in [-0.25, -0.2) is 9.59 Å². The molecule has 0 bridgehead atoms. The molecule has 0 aliphatic carbocycles. The molecule has 0 aliphatic rings. The third-order valence-electron chi connectivity index (χ3n) is 3.25. The minimum atomic E-state index is -0.458. The summed E-state index contributed by atoms with van der Waals surface area (Å²) in [4.78, 5) is 26.4. The summed E-state index contributed by atoms with van der Waals surface area (Å²) < 4.78 is 6.96. The molecule has 0 aliphatic heterocycles. The van der Waals surface area contributed by atoms with Crippen molar-refractivity contribution in [1.82, 2.24) is 4.40 Å².